The standard InChI is InChI=1S/C9H19NO/c1-7-5-6-9(10(3)4)8(2)11-7/h7-9H,5-6H2,1-4H3/t7-,8-,9-/m0/s1. The van der Waals surface area contributed by atoms with Crippen LogP contribution in [0.1, 0.15) is 26.7 Å². The molecule has 1 aliphatic rings. The Labute approximate surface area is 69.5 Å². The lowest BCUT2D eigenvalue weighted by Crippen LogP contribution is -2.44. The lowest BCUT2D eigenvalue weighted by molar-refractivity contribution is -0.0721. The van der Waals surface area contributed by atoms with Crippen LogP contribution < -0.4 is 0 Å². The Kier molecular flexibility index (Phi) is 2.90. The third kappa shape index (κ3) is 2.17. The average molecular weight is 157 g/mol. The fourth-order valence-corrected chi connectivity index (χ4v) is 1.84. The van der Waals surface area contributed by atoms with Gasteiger partial charge in [0.2, 0.25) is 0 Å². The fraction of sp³-hybridized carbons (Fsp3) is 1.00. The van der Waals surface area contributed by atoms with Crippen molar-refractivity contribution in [1.82, 2.24) is 4.90 Å². The van der Waals surface area contributed by atoms with Gasteiger partial charge in [0.1, 0.15) is 0 Å². The van der Waals surface area contributed by atoms with E-state index in [0.29, 0.717) is 18.2 Å². The summed E-state index contributed by atoms with van der Waals surface area (Å²) >= 11 is 0. The Morgan fingerprint density at radius 2 is 1.82 bits per heavy atom. The second-order valence-corrected chi connectivity index (χ2v) is 3.76. The van der Waals surface area contributed by atoms with Gasteiger partial charge in [0.15, 0.2) is 0 Å². The topological polar surface area (TPSA) is 12.5 Å². The molecular weight excluding hydrogens is 138 g/mol. The molecule has 0 aromatic heterocycles. The highest BCUT2D eigenvalue weighted by Gasteiger charge is 2.26. The number of rotatable bonds is 1. The van der Waals surface area contributed by atoms with Crippen LogP contribution in [0.2, 0.25) is 0 Å². The van der Waals surface area contributed by atoms with Crippen molar-refractivity contribution in [2.45, 2.75) is 44.9 Å². The third-order valence-electron chi connectivity index (χ3n) is 2.52. The zero-order valence-corrected chi connectivity index (χ0v) is 8.00. The van der Waals surface area contributed by atoms with Gasteiger partial charge in [0, 0.05) is 6.04 Å². The number of hydrogen-bond donors (Lipinski definition) is 0. The summed E-state index contributed by atoms with van der Waals surface area (Å²) in [6.07, 6.45) is 3.33. The van der Waals surface area contributed by atoms with Crippen molar-refractivity contribution in [1.29, 1.82) is 0 Å². The molecule has 0 amide bonds. The van der Waals surface area contributed by atoms with Crippen molar-refractivity contribution < 1.29 is 4.74 Å². The van der Waals surface area contributed by atoms with Gasteiger partial charge in [-0.15, -0.1) is 0 Å². The van der Waals surface area contributed by atoms with Crippen LogP contribution in [0.4, 0.5) is 0 Å². The quantitative estimate of drug-likeness (QED) is 0.572. The van der Waals surface area contributed by atoms with Gasteiger partial charge in [-0.3, -0.25) is 0 Å². The zero-order chi connectivity index (χ0) is 8.43. The van der Waals surface area contributed by atoms with E-state index in [4.69, 9.17) is 4.74 Å². The summed E-state index contributed by atoms with van der Waals surface area (Å²) in [7, 11) is 4.25. The van der Waals surface area contributed by atoms with Crippen LogP contribution in [0.15, 0.2) is 0 Å². The molecule has 1 aliphatic heterocycles. The van der Waals surface area contributed by atoms with E-state index < -0.39 is 0 Å². The summed E-state index contributed by atoms with van der Waals surface area (Å²) in [5.74, 6) is 0. The molecule has 0 spiro atoms. The molecule has 0 unspecified atom stereocenters. The first kappa shape index (κ1) is 9.01. The van der Waals surface area contributed by atoms with Crippen LogP contribution in [-0.2, 0) is 4.74 Å². The lowest BCUT2D eigenvalue weighted by atomic mass is 9.99. The largest absolute Gasteiger partial charge is 0.374 e. The van der Waals surface area contributed by atoms with Crippen LogP contribution in [-0.4, -0.2) is 37.2 Å². The molecule has 1 heterocycles. The van der Waals surface area contributed by atoms with Gasteiger partial charge in [0.05, 0.1) is 12.2 Å². The van der Waals surface area contributed by atoms with Gasteiger partial charge in [-0.1, -0.05) is 0 Å². The van der Waals surface area contributed by atoms with Gasteiger partial charge in [-0.05, 0) is 40.8 Å². The number of nitrogens with zero attached hydrogens (tertiary/aromatic N) is 1. The van der Waals surface area contributed by atoms with E-state index >= 15 is 0 Å². The van der Waals surface area contributed by atoms with Crippen LogP contribution in [0.25, 0.3) is 0 Å². The summed E-state index contributed by atoms with van der Waals surface area (Å²) in [5.41, 5.74) is 0. The maximum Gasteiger partial charge on any atom is 0.0705 e. The van der Waals surface area contributed by atoms with E-state index in [0.717, 1.165) is 0 Å². The van der Waals surface area contributed by atoms with Gasteiger partial charge in [-0.2, -0.15) is 0 Å². The van der Waals surface area contributed by atoms with E-state index in [1.54, 1.807) is 0 Å². The molecule has 1 fully saturated rings. The first-order valence-corrected chi connectivity index (χ1v) is 4.43. The Morgan fingerprint density at radius 1 is 1.18 bits per heavy atom. The van der Waals surface area contributed by atoms with Gasteiger partial charge < -0.3 is 9.64 Å². The van der Waals surface area contributed by atoms with Crippen LogP contribution >= 0.6 is 0 Å². The predicted molar refractivity (Wildman–Crippen MR) is 46.7 cm³/mol. The lowest BCUT2D eigenvalue weighted by Gasteiger charge is -2.37. The number of ether oxygens (including phenoxy) is 1. The second kappa shape index (κ2) is 3.55. The summed E-state index contributed by atoms with van der Waals surface area (Å²) in [5, 5.41) is 0. The highest BCUT2D eigenvalue weighted by Crippen LogP contribution is 2.21. The van der Waals surface area contributed by atoms with Crippen molar-refractivity contribution >= 4 is 0 Å². The van der Waals surface area contributed by atoms with E-state index in [1.165, 1.54) is 12.8 Å². The van der Waals surface area contributed by atoms with Crippen molar-refractivity contribution in [3.05, 3.63) is 0 Å². The summed E-state index contributed by atoms with van der Waals surface area (Å²) in [6, 6.07) is 0.617. The molecule has 0 aromatic carbocycles. The minimum Gasteiger partial charge on any atom is -0.374 e. The molecule has 11 heavy (non-hydrogen) atoms. The van der Waals surface area contributed by atoms with Crippen molar-refractivity contribution in [2.24, 2.45) is 0 Å². The first-order valence-electron chi connectivity index (χ1n) is 4.43. The summed E-state index contributed by atoms with van der Waals surface area (Å²) < 4.78 is 5.72. The fourth-order valence-electron chi connectivity index (χ4n) is 1.84. The van der Waals surface area contributed by atoms with Crippen molar-refractivity contribution in [2.75, 3.05) is 14.1 Å². The summed E-state index contributed by atoms with van der Waals surface area (Å²) in [4.78, 5) is 2.26. The Bertz CT molecular complexity index is 125. The third-order valence-corrected chi connectivity index (χ3v) is 2.52. The highest BCUT2D eigenvalue weighted by atomic mass is 16.5. The monoisotopic (exact) mass is 157 g/mol. The zero-order valence-electron chi connectivity index (χ0n) is 8.00. The molecule has 0 radical (unpaired) electrons. The molecule has 3 atom stereocenters. The molecule has 0 aromatic rings. The predicted octanol–water partition coefficient (Wildman–Crippen LogP) is 1.50. The van der Waals surface area contributed by atoms with Gasteiger partial charge >= 0.3 is 0 Å². The Balaban J connectivity index is 2.44. The molecule has 66 valence electrons. The van der Waals surface area contributed by atoms with E-state index in [-0.39, 0.29) is 0 Å². The Morgan fingerprint density at radius 3 is 2.27 bits per heavy atom. The maximum atomic E-state index is 5.72. The SMILES string of the molecule is C[C@@H]1O[C@@H](C)CC[C@@H]1N(C)C. The molecule has 0 saturated carbocycles. The maximum absolute atomic E-state index is 5.72. The van der Waals surface area contributed by atoms with Crippen LogP contribution in [0, 0.1) is 0 Å². The molecule has 2 heteroatoms. The average Bonchev–Trinajstić information content (AvgIpc) is 1.85. The highest BCUT2D eigenvalue weighted by molar-refractivity contribution is 4.79. The van der Waals surface area contributed by atoms with Gasteiger partial charge in [-0.25, -0.2) is 0 Å². The van der Waals surface area contributed by atoms with E-state index in [9.17, 15) is 0 Å². The number of likely N-dealkylation sites (N-methyl/N-ethyl adjacent to an activating group) is 1. The van der Waals surface area contributed by atoms with Gasteiger partial charge in [0.25, 0.3) is 0 Å². The minimum absolute atomic E-state index is 0.397. The molecule has 2 nitrogen and oxygen atoms in total. The normalized spacial score (nSPS) is 39.5. The molecule has 0 N–H and O–H groups in total. The van der Waals surface area contributed by atoms with Crippen LogP contribution in [0.3, 0.4) is 0 Å². The molecular formula is C9H19NO. The summed E-state index contributed by atoms with van der Waals surface area (Å²) in [6.45, 7) is 4.32. The smallest absolute Gasteiger partial charge is 0.0705 e. The van der Waals surface area contributed by atoms with Crippen molar-refractivity contribution in [3.63, 3.8) is 0 Å². The molecule has 1 rings (SSSR count). The molecule has 0 bridgehead atoms. The first-order chi connectivity index (χ1) is 5.11. The van der Waals surface area contributed by atoms with Crippen molar-refractivity contribution in [3.8, 4) is 0 Å². The second-order valence-electron chi connectivity index (χ2n) is 3.76. The molecule has 0 aliphatic carbocycles. The number of hydrogen-bond acceptors (Lipinski definition) is 2. The van der Waals surface area contributed by atoms with E-state index in [2.05, 4.69) is 32.8 Å². The molecule has 1 saturated heterocycles. The minimum atomic E-state index is 0.397. The Hall–Kier alpha value is -0.0800. The van der Waals surface area contributed by atoms with Crippen LogP contribution in [0.5, 0.6) is 0 Å². The van der Waals surface area contributed by atoms with E-state index in [1.807, 2.05) is 0 Å².